The molecule has 0 aliphatic rings. The maximum absolute atomic E-state index is 11.4. The van der Waals surface area contributed by atoms with Crippen molar-refractivity contribution in [2.75, 3.05) is 11.9 Å². The van der Waals surface area contributed by atoms with Crippen LogP contribution in [0.2, 0.25) is 0 Å². The summed E-state index contributed by atoms with van der Waals surface area (Å²) >= 11 is 0. The molecule has 1 aromatic rings. The van der Waals surface area contributed by atoms with Crippen LogP contribution in [0.25, 0.3) is 0 Å². The first-order valence-electron chi connectivity index (χ1n) is 5.53. The lowest BCUT2D eigenvalue weighted by atomic mass is 9.93. The third kappa shape index (κ3) is 4.44. The number of amides is 2. The number of aromatic nitrogens is 1. The SMILES string of the molecule is CC(C)(C)c1cc(NC(=O)NCCC(=O)O)no1. The van der Waals surface area contributed by atoms with Crippen molar-refractivity contribution in [2.45, 2.75) is 32.6 Å². The minimum absolute atomic E-state index is 0.0607. The molecule has 0 aromatic carbocycles. The number of rotatable bonds is 4. The first-order valence-corrected chi connectivity index (χ1v) is 5.53. The largest absolute Gasteiger partial charge is 0.481 e. The summed E-state index contributed by atoms with van der Waals surface area (Å²) in [6.07, 6.45) is -0.126. The Morgan fingerprint density at radius 3 is 2.61 bits per heavy atom. The zero-order chi connectivity index (χ0) is 13.8. The van der Waals surface area contributed by atoms with Crippen LogP contribution in [-0.2, 0) is 10.2 Å². The van der Waals surface area contributed by atoms with Crippen LogP contribution in [-0.4, -0.2) is 28.8 Å². The molecule has 0 aliphatic heterocycles. The summed E-state index contributed by atoms with van der Waals surface area (Å²) in [5.74, 6) is -0.0113. The van der Waals surface area contributed by atoms with Gasteiger partial charge < -0.3 is 14.9 Å². The monoisotopic (exact) mass is 255 g/mol. The highest BCUT2D eigenvalue weighted by molar-refractivity contribution is 5.88. The van der Waals surface area contributed by atoms with Crippen LogP contribution in [0.3, 0.4) is 0 Å². The van der Waals surface area contributed by atoms with Crippen molar-refractivity contribution >= 4 is 17.8 Å². The molecule has 0 radical (unpaired) electrons. The van der Waals surface area contributed by atoms with E-state index in [9.17, 15) is 9.59 Å². The zero-order valence-electron chi connectivity index (χ0n) is 10.6. The first-order chi connectivity index (χ1) is 8.29. The van der Waals surface area contributed by atoms with Gasteiger partial charge in [-0.3, -0.25) is 10.1 Å². The van der Waals surface area contributed by atoms with E-state index in [4.69, 9.17) is 9.63 Å². The third-order valence-corrected chi connectivity index (χ3v) is 2.12. The van der Waals surface area contributed by atoms with Gasteiger partial charge >= 0.3 is 12.0 Å². The number of nitrogens with one attached hydrogen (secondary N) is 2. The smallest absolute Gasteiger partial charge is 0.320 e. The number of carboxylic acid groups (broad SMARTS) is 1. The summed E-state index contributed by atoms with van der Waals surface area (Å²) in [5.41, 5.74) is -0.188. The highest BCUT2D eigenvalue weighted by atomic mass is 16.5. The Bertz CT molecular complexity index is 434. The van der Waals surface area contributed by atoms with Gasteiger partial charge in [0.2, 0.25) is 0 Å². The lowest BCUT2D eigenvalue weighted by Gasteiger charge is -2.12. The predicted molar refractivity (Wildman–Crippen MR) is 64.5 cm³/mol. The fourth-order valence-electron chi connectivity index (χ4n) is 1.13. The van der Waals surface area contributed by atoms with E-state index >= 15 is 0 Å². The Morgan fingerprint density at radius 2 is 2.11 bits per heavy atom. The Labute approximate surface area is 105 Å². The highest BCUT2D eigenvalue weighted by Crippen LogP contribution is 2.24. The van der Waals surface area contributed by atoms with E-state index in [-0.39, 0.29) is 18.4 Å². The van der Waals surface area contributed by atoms with Crippen molar-refractivity contribution < 1.29 is 19.2 Å². The van der Waals surface area contributed by atoms with Crippen LogP contribution in [0, 0.1) is 0 Å². The van der Waals surface area contributed by atoms with Gasteiger partial charge in [-0.15, -0.1) is 0 Å². The molecule has 0 bridgehead atoms. The summed E-state index contributed by atoms with van der Waals surface area (Å²) in [7, 11) is 0. The zero-order valence-corrected chi connectivity index (χ0v) is 10.6. The van der Waals surface area contributed by atoms with E-state index in [1.807, 2.05) is 20.8 Å². The van der Waals surface area contributed by atoms with Gasteiger partial charge in [0.05, 0.1) is 6.42 Å². The van der Waals surface area contributed by atoms with Crippen LogP contribution in [0.1, 0.15) is 33.0 Å². The van der Waals surface area contributed by atoms with E-state index in [0.29, 0.717) is 11.6 Å². The summed E-state index contributed by atoms with van der Waals surface area (Å²) in [4.78, 5) is 21.6. The van der Waals surface area contributed by atoms with Crippen molar-refractivity contribution in [1.82, 2.24) is 10.5 Å². The van der Waals surface area contributed by atoms with Gasteiger partial charge in [-0.25, -0.2) is 4.79 Å². The van der Waals surface area contributed by atoms with Crippen molar-refractivity contribution in [1.29, 1.82) is 0 Å². The van der Waals surface area contributed by atoms with Gasteiger partial charge in [0.15, 0.2) is 5.82 Å². The average Bonchev–Trinajstić information content (AvgIpc) is 2.64. The fourth-order valence-corrected chi connectivity index (χ4v) is 1.13. The highest BCUT2D eigenvalue weighted by Gasteiger charge is 2.20. The molecule has 7 heteroatoms. The van der Waals surface area contributed by atoms with E-state index in [1.54, 1.807) is 6.07 Å². The molecule has 7 nitrogen and oxygen atoms in total. The molecule has 0 fully saturated rings. The van der Waals surface area contributed by atoms with Gasteiger partial charge in [-0.1, -0.05) is 25.9 Å². The Kier molecular flexibility index (Phi) is 4.30. The average molecular weight is 255 g/mol. The number of carbonyl (C=O) groups is 2. The number of aliphatic carboxylic acids is 1. The van der Waals surface area contributed by atoms with E-state index < -0.39 is 12.0 Å². The summed E-state index contributed by atoms with van der Waals surface area (Å²) in [6.45, 7) is 5.95. The minimum atomic E-state index is -0.966. The third-order valence-electron chi connectivity index (χ3n) is 2.12. The van der Waals surface area contributed by atoms with Gasteiger partial charge in [-0.2, -0.15) is 0 Å². The molecular formula is C11H17N3O4. The molecule has 1 rings (SSSR count). The number of urea groups is 1. The molecule has 0 aliphatic carbocycles. The number of anilines is 1. The molecule has 100 valence electrons. The molecule has 1 aromatic heterocycles. The molecule has 0 atom stereocenters. The van der Waals surface area contributed by atoms with Crippen molar-refractivity contribution in [3.05, 3.63) is 11.8 Å². The standard InChI is InChI=1S/C11H17N3O4/c1-11(2,3)7-6-8(14-18-7)13-10(17)12-5-4-9(15)16/h6H,4-5H2,1-3H3,(H,15,16)(H2,12,13,14,17). The van der Waals surface area contributed by atoms with Crippen molar-refractivity contribution in [2.24, 2.45) is 0 Å². The molecular weight excluding hydrogens is 238 g/mol. The Hall–Kier alpha value is -2.05. The topological polar surface area (TPSA) is 104 Å². The number of carbonyl (C=O) groups excluding carboxylic acids is 1. The van der Waals surface area contributed by atoms with Crippen LogP contribution in [0.15, 0.2) is 10.6 Å². The van der Waals surface area contributed by atoms with Crippen LogP contribution in [0.4, 0.5) is 10.6 Å². The summed E-state index contributed by atoms with van der Waals surface area (Å²) in [6, 6.07) is 1.13. The molecule has 0 saturated heterocycles. The quantitative estimate of drug-likeness (QED) is 0.757. The van der Waals surface area contributed by atoms with Crippen molar-refractivity contribution in [3.8, 4) is 0 Å². The van der Waals surface area contributed by atoms with Crippen LogP contribution in [0.5, 0.6) is 0 Å². The normalized spacial score (nSPS) is 11.1. The maximum Gasteiger partial charge on any atom is 0.320 e. The second-order valence-corrected chi connectivity index (χ2v) is 4.85. The number of nitrogens with zero attached hydrogens (tertiary/aromatic N) is 1. The van der Waals surface area contributed by atoms with Crippen molar-refractivity contribution in [3.63, 3.8) is 0 Å². The van der Waals surface area contributed by atoms with E-state index in [0.717, 1.165) is 0 Å². The molecule has 0 spiro atoms. The van der Waals surface area contributed by atoms with E-state index in [2.05, 4.69) is 15.8 Å². The maximum atomic E-state index is 11.4. The number of hydrogen-bond acceptors (Lipinski definition) is 4. The lowest BCUT2D eigenvalue weighted by Crippen LogP contribution is -2.30. The molecule has 3 N–H and O–H groups in total. The first kappa shape index (κ1) is 14.0. The summed E-state index contributed by atoms with van der Waals surface area (Å²) in [5, 5.41) is 17.0. The molecule has 18 heavy (non-hydrogen) atoms. The van der Waals surface area contributed by atoms with Gasteiger partial charge in [0.25, 0.3) is 0 Å². The predicted octanol–water partition coefficient (Wildman–Crippen LogP) is 1.57. The summed E-state index contributed by atoms with van der Waals surface area (Å²) < 4.78 is 5.09. The molecule has 2 amide bonds. The molecule has 0 saturated carbocycles. The van der Waals surface area contributed by atoms with Gasteiger partial charge in [-0.05, 0) is 0 Å². The fraction of sp³-hybridized carbons (Fsp3) is 0.545. The minimum Gasteiger partial charge on any atom is -0.481 e. The number of carboxylic acids is 1. The Morgan fingerprint density at radius 1 is 1.44 bits per heavy atom. The molecule has 0 unspecified atom stereocenters. The van der Waals surface area contributed by atoms with Gasteiger partial charge in [0, 0.05) is 18.0 Å². The van der Waals surface area contributed by atoms with Crippen LogP contribution < -0.4 is 10.6 Å². The number of hydrogen-bond donors (Lipinski definition) is 3. The van der Waals surface area contributed by atoms with E-state index in [1.165, 1.54) is 0 Å². The Balaban J connectivity index is 2.45. The molecule has 1 heterocycles. The van der Waals surface area contributed by atoms with Gasteiger partial charge in [0.1, 0.15) is 5.76 Å². The second kappa shape index (κ2) is 5.52. The lowest BCUT2D eigenvalue weighted by molar-refractivity contribution is -0.136. The second-order valence-electron chi connectivity index (χ2n) is 4.85. The van der Waals surface area contributed by atoms with Crippen LogP contribution >= 0.6 is 0 Å².